The molecule has 172 valence electrons. The molecule has 0 fully saturated rings. The van der Waals surface area contributed by atoms with Gasteiger partial charge in [-0.1, -0.05) is 6.92 Å². The van der Waals surface area contributed by atoms with E-state index in [9.17, 15) is 5.11 Å². The number of aryl methyl sites for hydroxylation is 3. The zero-order valence-electron chi connectivity index (χ0n) is 19.4. The summed E-state index contributed by atoms with van der Waals surface area (Å²) in [5, 5.41) is 27.2. The molecule has 1 atom stereocenters. The molecule has 0 bridgehead atoms. The van der Waals surface area contributed by atoms with E-state index >= 15 is 0 Å². The number of benzene rings is 1. The van der Waals surface area contributed by atoms with Crippen molar-refractivity contribution < 1.29 is 19.4 Å². The monoisotopic (exact) mass is 440 g/mol. The fourth-order valence-electron chi connectivity index (χ4n) is 3.61. The van der Waals surface area contributed by atoms with E-state index in [0.29, 0.717) is 17.5 Å². The third kappa shape index (κ3) is 5.26. The van der Waals surface area contributed by atoms with E-state index in [1.165, 1.54) is 0 Å². The molecule has 0 radical (unpaired) electrons. The molecule has 8 nitrogen and oxygen atoms in total. The molecule has 2 aromatic heterocycles. The smallest absolute Gasteiger partial charge is 0.248 e. The maximum atomic E-state index is 9.61. The molecule has 32 heavy (non-hydrogen) atoms. The molecule has 0 spiro atoms. The maximum absolute atomic E-state index is 9.61. The second kappa shape index (κ2) is 10.6. The second-order valence-corrected chi connectivity index (χ2v) is 7.72. The van der Waals surface area contributed by atoms with Crippen LogP contribution in [-0.4, -0.2) is 57.8 Å². The molecule has 0 aliphatic carbocycles. The lowest BCUT2D eigenvalue weighted by molar-refractivity contribution is 0.0531. The minimum absolute atomic E-state index is 0.0324. The van der Waals surface area contributed by atoms with E-state index in [-0.39, 0.29) is 13.2 Å². The highest BCUT2D eigenvalue weighted by molar-refractivity contribution is 5.64. The van der Waals surface area contributed by atoms with Gasteiger partial charge in [0.1, 0.15) is 24.3 Å². The van der Waals surface area contributed by atoms with Crippen molar-refractivity contribution in [3.05, 3.63) is 41.1 Å². The van der Waals surface area contributed by atoms with E-state index in [1.807, 2.05) is 45.0 Å². The topological polar surface area (TPSA) is 105 Å². The second-order valence-electron chi connectivity index (χ2n) is 7.72. The van der Waals surface area contributed by atoms with Crippen molar-refractivity contribution in [3.63, 3.8) is 0 Å². The number of anilines is 1. The van der Waals surface area contributed by atoms with Gasteiger partial charge in [-0.25, -0.2) is 4.98 Å². The number of rotatable bonds is 10. The van der Waals surface area contributed by atoms with E-state index in [1.54, 1.807) is 0 Å². The van der Waals surface area contributed by atoms with Gasteiger partial charge in [0.15, 0.2) is 0 Å². The number of nitrogens with zero attached hydrogens (tertiary/aromatic N) is 4. The number of ether oxygens (including phenoxy) is 1. The standard InChI is InChI=1S/C24H32N4O4/c1-6-17-11-18(9-15(4)22(17)31-14-20(30)13-29)23-26-27-24(32-23)19-10-16(5)25-21(12-19)28(7-2)8-3/h9-12,20,29-30H,6-8,13-14H2,1-5H3/t20-/m0/s1. The lowest BCUT2D eigenvalue weighted by atomic mass is 10.0. The van der Waals surface area contributed by atoms with Crippen LogP contribution in [0.1, 0.15) is 37.6 Å². The largest absolute Gasteiger partial charge is 0.490 e. The first-order valence-corrected chi connectivity index (χ1v) is 11.0. The summed E-state index contributed by atoms with van der Waals surface area (Å²) in [6, 6.07) is 7.81. The minimum Gasteiger partial charge on any atom is -0.490 e. The highest BCUT2D eigenvalue weighted by Gasteiger charge is 2.17. The van der Waals surface area contributed by atoms with Crippen LogP contribution in [0.5, 0.6) is 5.75 Å². The van der Waals surface area contributed by atoms with Crippen LogP contribution in [0.2, 0.25) is 0 Å². The van der Waals surface area contributed by atoms with Gasteiger partial charge < -0.3 is 24.3 Å². The summed E-state index contributed by atoms with van der Waals surface area (Å²) in [7, 11) is 0. The Balaban J connectivity index is 1.92. The van der Waals surface area contributed by atoms with Crippen molar-refractivity contribution in [2.24, 2.45) is 0 Å². The molecule has 3 rings (SSSR count). The van der Waals surface area contributed by atoms with Gasteiger partial charge in [-0.15, -0.1) is 10.2 Å². The van der Waals surface area contributed by atoms with Gasteiger partial charge in [0, 0.05) is 29.9 Å². The van der Waals surface area contributed by atoms with Gasteiger partial charge in [0.05, 0.1) is 6.61 Å². The number of pyridine rings is 1. The van der Waals surface area contributed by atoms with Crippen molar-refractivity contribution in [2.75, 3.05) is 31.2 Å². The fourth-order valence-corrected chi connectivity index (χ4v) is 3.61. The van der Waals surface area contributed by atoms with Crippen molar-refractivity contribution in [1.29, 1.82) is 0 Å². The highest BCUT2D eigenvalue weighted by Crippen LogP contribution is 2.32. The van der Waals surface area contributed by atoms with Crippen LogP contribution in [0.3, 0.4) is 0 Å². The first kappa shape index (κ1) is 23.7. The summed E-state index contributed by atoms with van der Waals surface area (Å²) in [5.41, 5.74) is 4.40. The van der Waals surface area contributed by atoms with Gasteiger partial charge in [-0.2, -0.15) is 0 Å². The normalized spacial score (nSPS) is 12.1. The van der Waals surface area contributed by atoms with E-state index in [0.717, 1.165) is 53.3 Å². The van der Waals surface area contributed by atoms with Crippen LogP contribution in [-0.2, 0) is 6.42 Å². The maximum Gasteiger partial charge on any atom is 0.248 e. The molecule has 0 saturated heterocycles. The van der Waals surface area contributed by atoms with Gasteiger partial charge in [0.25, 0.3) is 0 Å². The Hall–Kier alpha value is -2.97. The first-order valence-electron chi connectivity index (χ1n) is 11.0. The molecule has 1 aromatic carbocycles. The van der Waals surface area contributed by atoms with Crippen LogP contribution < -0.4 is 9.64 Å². The zero-order chi connectivity index (χ0) is 23.3. The molecule has 0 amide bonds. The lowest BCUT2D eigenvalue weighted by Gasteiger charge is -2.20. The predicted molar refractivity (Wildman–Crippen MR) is 124 cm³/mol. The van der Waals surface area contributed by atoms with E-state index in [2.05, 4.69) is 33.9 Å². The Bertz CT molecular complexity index is 1050. The molecule has 2 heterocycles. The lowest BCUT2D eigenvalue weighted by Crippen LogP contribution is -2.23. The van der Waals surface area contributed by atoms with Gasteiger partial charge in [0.2, 0.25) is 11.8 Å². The fraction of sp³-hybridized carbons (Fsp3) is 0.458. The van der Waals surface area contributed by atoms with Crippen LogP contribution >= 0.6 is 0 Å². The van der Waals surface area contributed by atoms with Gasteiger partial charge >= 0.3 is 0 Å². The van der Waals surface area contributed by atoms with Crippen molar-refractivity contribution in [3.8, 4) is 28.7 Å². The predicted octanol–water partition coefficient (Wildman–Crippen LogP) is 3.56. The average molecular weight is 441 g/mol. The Morgan fingerprint density at radius 2 is 1.66 bits per heavy atom. The van der Waals surface area contributed by atoms with Gasteiger partial charge in [-0.3, -0.25) is 0 Å². The minimum atomic E-state index is -0.915. The molecule has 0 saturated carbocycles. The van der Waals surface area contributed by atoms with Crippen LogP contribution in [0, 0.1) is 13.8 Å². The zero-order valence-corrected chi connectivity index (χ0v) is 19.4. The Kier molecular flexibility index (Phi) is 7.82. The van der Waals surface area contributed by atoms with Crippen molar-refractivity contribution >= 4 is 5.82 Å². The molecule has 8 heteroatoms. The SMILES string of the molecule is CCc1cc(-c2nnc(-c3cc(C)nc(N(CC)CC)c3)o2)cc(C)c1OC[C@@H](O)CO. The molecular formula is C24H32N4O4. The molecule has 2 N–H and O–H groups in total. The third-order valence-corrected chi connectivity index (χ3v) is 5.31. The highest BCUT2D eigenvalue weighted by atomic mass is 16.5. The number of hydrogen-bond donors (Lipinski definition) is 2. The summed E-state index contributed by atoms with van der Waals surface area (Å²) in [5.74, 6) is 2.47. The molecule has 0 aliphatic rings. The summed E-state index contributed by atoms with van der Waals surface area (Å²) in [4.78, 5) is 6.81. The average Bonchev–Trinajstić information content (AvgIpc) is 3.28. The van der Waals surface area contributed by atoms with Crippen LogP contribution in [0.25, 0.3) is 22.9 Å². The van der Waals surface area contributed by atoms with Crippen LogP contribution in [0.15, 0.2) is 28.7 Å². The first-order chi connectivity index (χ1) is 15.4. The van der Waals surface area contributed by atoms with E-state index < -0.39 is 6.10 Å². The molecule has 0 unspecified atom stereocenters. The summed E-state index contributed by atoms with van der Waals surface area (Å²) < 4.78 is 11.8. The summed E-state index contributed by atoms with van der Waals surface area (Å²) in [6.45, 7) is 11.5. The van der Waals surface area contributed by atoms with Crippen molar-refractivity contribution in [1.82, 2.24) is 15.2 Å². The quantitative estimate of drug-likeness (QED) is 0.493. The Labute approximate surface area is 188 Å². The van der Waals surface area contributed by atoms with E-state index in [4.69, 9.17) is 14.3 Å². The molecular weight excluding hydrogens is 408 g/mol. The molecule has 3 aromatic rings. The number of aliphatic hydroxyl groups excluding tert-OH is 2. The number of aromatic nitrogens is 3. The summed E-state index contributed by atoms with van der Waals surface area (Å²) >= 11 is 0. The molecule has 0 aliphatic heterocycles. The Morgan fingerprint density at radius 3 is 2.25 bits per heavy atom. The number of hydrogen-bond acceptors (Lipinski definition) is 8. The Morgan fingerprint density at radius 1 is 1.00 bits per heavy atom. The van der Waals surface area contributed by atoms with Crippen LogP contribution in [0.4, 0.5) is 5.82 Å². The number of aliphatic hydroxyl groups is 2. The third-order valence-electron chi connectivity index (χ3n) is 5.31. The summed E-state index contributed by atoms with van der Waals surface area (Å²) in [6.07, 6.45) is -0.181. The van der Waals surface area contributed by atoms with Crippen molar-refractivity contribution in [2.45, 2.75) is 47.1 Å². The van der Waals surface area contributed by atoms with Gasteiger partial charge in [-0.05, 0) is 69.5 Å².